The maximum absolute atomic E-state index is 11.8. The number of hydrogen-bond donors (Lipinski definition) is 3. The van der Waals surface area contributed by atoms with Crippen LogP contribution in [0, 0.1) is 5.92 Å². The van der Waals surface area contributed by atoms with E-state index in [1.165, 1.54) is 0 Å². The lowest BCUT2D eigenvalue weighted by Crippen LogP contribution is -2.60. The molecular weight excluding hydrogens is 270 g/mol. The molecule has 0 spiro atoms. The van der Waals surface area contributed by atoms with E-state index in [0.29, 0.717) is 11.3 Å². The Morgan fingerprint density at radius 2 is 2.10 bits per heavy atom. The van der Waals surface area contributed by atoms with Gasteiger partial charge in [-0.15, -0.1) is 0 Å². The van der Waals surface area contributed by atoms with Crippen molar-refractivity contribution in [2.75, 3.05) is 6.61 Å². The summed E-state index contributed by atoms with van der Waals surface area (Å²) >= 11 is 0. The Hall–Kier alpha value is -1.59. The zero-order valence-corrected chi connectivity index (χ0v) is 12.5. The Kier molecular flexibility index (Phi) is 4.85. The lowest BCUT2D eigenvalue weighted by atomic mass is 9.93. The van der Waals surface area contributed by atoms with Gasteiger partial charge in [-0.05, 0) is 38.7 Å². The van der Waals surface area contributed by atoms with E-state index >= 15 is 0 Å². The minimum atomic E-state index is -1.06. The Morgan fingerprint density at radius 3 is 2.62 bits per heavy atom. The van der Waals surface area contributed by atoms with Gasteiger partial charge in [-0.2, -0.15) is 0 Å². The van der Waals surface area contributed by atoms with Crippen LogP contribution in [-0.4, -0.2) is 34.4 Å². The summed E-state index contributed by atoms with van der Waals surface area (Å²) in [6.07, 6.45) is 1.80. The first kappa shape index (κ1) is 15.8. The number of aliphatic carboxylic acids is 1. The van der Waals surface area contributed by atoms with Crippen LogP contribution in [0.1, 0.15) is 32.3 Å². The molecule has 2 rings (SSSR count). The zero-order valence-electron chi connectivity index (χ0n) is 12.5. The monoisotopic (exact) mass is 293 g/mol. The Bertz CT molecular complexity index is 499. The van der Waals surface area contributed by atoms with Crippen LogP contribution in [0.5, 0.6) is 5.75 Å². The van der Waals surface area contributed by atoms with Crippen LogP contribution in [0.25, 0.3) is 0 Å². The van der Waals surface area contributed by atoms with E-state index in [2.05, 4.69) is 5.32 Å². The fourth-order valence-electron chi connectivity index (χ4n) is 2.63. The van der Waals surface area contributed by atoms with Crippen LogP contribution < -0.4 is 10.1 Å². The summed E-state index contributed by atoms with van der Waals surface area (Å²) < 4.78 is 5.75. The van der Waals surface area contributed by atoms with Gasteiger partial charge in [0.05, 0.1) is 6.61 Å². The number of aliphatic hydroxyl groups excluding tert-OH is 1. The van der Waals surface area contributed by atoms with Gasteiger partial charge in [0.1, 0.15) is 12.4 Å². The molecule has 1 aromatic rings. The molecule has 0 radical (unpaired) electrons. The molecule has 1 aliphatic rings. The number of ether oxygens (including phenoxy) is 1. The molecule has 0 bridgehead atoms. The fourth-order valence-corrected chi connectivity index (χ4v) is 2.63. The average Bonchev–Trinajstić information content (AvgIpc) is 3.28. The van der Waals surface area contributed by atoms with Crippen molar-refractivity contribution in [3.8, 4) is 5.75 Å². The normalized spacial score (nSPS) is 17.5. The molecule has 116 valence electrons. The predicted molar refractivity (Wildman–Crippen MR) is 79.2 cm³/mol. The van der Waals surface area contributed by atoms with E-state index in [-0.39, 0.29) is 25.2 Å². The van der Waals surface area contributed by atoms with Crippen molar-refractivity contribution < 1.29 is 19.7 Å². The largest absolute Gasteiger partial charge is 0.491 e. The summed E-state index contributed by atoms with van der Waals surface area (Å²) in [5.74, 6) is -0.240. The van der Waals surface area contributed by atoms with Gasteiger partial charge in [-0.25, -0.2) is 0 Å². The topological polar surface area (TPSA) is 78.8 Å². The summed E-state index contributed by atoms with van der Waals surface area (Å²) in [5.41, 5.74) is -0.395. The summed E-state index contributed by atoms with van der Waals surface area (Å²) in [4.78, 5) is 11.8. The van der Waals surface area contributed by atoms with Crippen molar-refractivity contribution >= 4 is 5.97 Å². The van der Waals surface area contributed by atoms with Gasteiger partial charge in [0.25, 0.3) is 0 Å². The molecule has 0 saturated heterocycles. The summed E-state index contributed by atoms with van der Waals surface area (Å²) in [7, 11) is 0. The van der Waals surface area contributed by atoms with Crippen LogP contribution in [0.15, 0.2) is 24.3 Å². The highest BCUT2D eigenvalue weighted by Crippen LogP contribution is 2.40. The molecule has 1 saturated carbocycles. The molecule has 1 aliphatic carbocycles. The third-order valence-corrected chi connectivity index (χ3v) is 3.80. The Morgan fingerprint density at radius 1 is 1.43 bits per heavy atom. The van der Waals surface area contributed by atoms with Gasteiger partial charge >= 0.3 is 5.97 Å². The first-order valence-electron chi connectivity index (χ1n) is 7.32. The average molecular weight is 293 g/mol. The first-order chi connectivity index (χ1) is 9.99. The number of rotatable bonds is 8. The van der Waals surface area contributed by atoms with E-state index in [4.69, 9.17) is 4.74 Å². The minimum absolute atomic E-state index is 0.0541. The number of benzene rings is 1. The van der Waals surface area contributed by atoms with Gasteiger partial charge < -0.3 is 14.9 Å². The van der Waals surface area contributed by atoms with Gasteiger partial charge in [0, 0.05) is 11.6 Å². The number of hydrogen-bond acceptors (Lipinski definition) is 4. The van der Waals surface area contributed by atoms with Crippen LogP contribution in [-0.2, 0) is 11.4 Å². The number of carboxylic acid groups (broad SMARTS) is 1. The number of nitrogens with one attached hydrogen (secondary N) is 1. The molecule has 5 nitrogen and oxygen atoms in total. The summed E-state index contributed by atoms with van der Waals surface area (Å²) in [6, 6.07) is 7.20. The smallest absolute Gasteiger partial charge is 0.327 e. The van der Waals surface area contributed by atoms with Crippen molar-refractivity contribution in [3.63, 3.8) is 0 Å². The van der Waals surface area contributed by atoms with E-state index in [9.17, 15) is 15.0 Å². The van der Waals surface area contributed by atoms with Crippen LogP contribution in [0.2, 0.25) is 0 Å². The summed E-state index contributed by atoms with van der Waals surface area (Å²) in [6.45, 7) is 3.79. The molecule has 0 aromatic heterocycles. The molecular formula is C16H23NO4. The minimum Gasteiger partial charge on any atom is -0.491 e. The highest BCUT2D eigenvalue weighted by molar-refractivity contribution is 5.80. The van der Waals surface area contributed by atoms with Crippen molar-refractivity contribution in [3.05, 3.63) is 29.8 Å². The maximum Gasteiger partial charge on any atom is 0.327 e. The predicted octanol–water partition coefficient (Wildman–Crippen LogP) is 1.79. The van der Waals surface area contributed by atoms with Crippen molar-refractivity contribution in [2.24, 2.45) is 5.92 Å². The molecule has 5 heteroatoms. The fraction of sp³-hybridized carbons (Fsp3) is 0.562. The third kappa shape index (κ3) is 3.54. The van der Waals surface area contributed by atoms with E-state index in [1.807, 2.05) is 26.0 Å². The van der Waals surface area contributed by atoms with Crippen LogP contribution in [0.3, 0.4) is 0 Å². The van der Waals surface area contributed by atoms with Crippen LogP contribution in [0.4, 0.5) is 0 Å². The molecule has 3 N–H and O–H groups in total. The second kappa shape index (κ2) is 6.45. The highest BCUT2D eigenvalue weighted by Gasteiger charge is 2.52. The van der Waals surface area contributed by atoms with Crippen molar-refractivity contribution in [1.82, 2.24) is 5.32 Å². The summed E-state index contributed by atoms with van der Waals surface area (Å²) in [5, 5.41) is 22.2. The Balaban J connectivity index is 2.17. The lowest BCUT2D eigenvalue weighted by molar-refractivity contribution is -0.148. The molecule has 1 atom stereocenters. The standard InChI is InChI=1S/C16H23NO4/c1-11(2)17-16(15(19)20,13-7-8-13)10-21-14-6-4-3-5-12(14)9-18/h3-6,11,13,17-18H,7-10H2,1-2H3,(H,19,20). The zero-order chi connectivity index (χ0) is 15.5. The highest BCUT2D eigenvalue weighted by atomic mass is 16.5. The van der Waals surface area contributed by atoms with E-state index in [1.54, 1.807) is 12.1 Å². The van der Waals surface area contributed by atoms with Gasteiger partial charge in [0.15, 0.2) is 5.54 Å². The number of aliphatic hydroxyl groups is 1. The molecule has 0 aliphatic heterocycles. The van der Waals surface area contributed by atoms with Crippen molar-refractivity contribution in [2.45, 2.75) is 44.9 Å². The molecule has 0 heterocycles. The molecule has 0 amide bonds. The number of carbonyl (C=O) groups is 1. The number of carboxylic acids is 1. The second-order valence-electron chi connectivity index (χ2n) is 5.90. The lowest BCUT2D eigenvalue weighted by Gasteiger charge is -2.33. The van der Waals surface area contributed by atoms with E-state index < -0.39 is 11.5 Å². The molecule has 21 heavy (non-hydrogen) atoms. The molecule has 1 unspecified atom stereocenters. The molecule has 1 fully saturated rings. The molecule has 1 aromatic carbocycles. The SMILES string of the molecule is CC(C)NC(COc1ccccc1CO)(C(=O)O)C1CC1. The number of para-hydroxylation sites is 1. The Labute approximate surface area is 124 Å². The third-order valence-electron chi connectivity index (χ3n) is 3.80. The van der Waals surface area contributed by atoms with Gasteiger partial charge in [-0.1, -0.05) is 18.2 Å². The first-order valence-corrected chi connectivity index (χ1v) is 7.32. The van der Waals surface area contributed by atoms with Crippen LogP contribution >= 0.6 is 0 Å². The van der Waals surface area contributed by atoms with Gasteiger partial charge in [-0.3, -0.25) is 10.1 Å². The van der Waals surface area contributed by atoms with Crippen molar-refractivity contribution in [1.29, 1.82) is 0 Å². The van der Waals surface area contributed by atoms with Gasteiger partial charge in [0.2, 0.25) is 0 Å². The second-order valence-corrected chi connectivity index (χ2v) is 5.90. The van der Waals surface area contributed by atoms with E-state index in [0.717, 1.165) is 12.8 Å². The maximum atomic E-state index is 11.8. The quantitative estimate of drug-likeness (QED) is 0.681.